The number of aliphatic carboxylic acids is 1. The number of ether oxygens (including phenoxy) is 2. The molecule has 0 aliphatic carbocycles. The summed E-state index contributed by atoms with van der Waals surface area (Å²) in [6.07, 6.45) is -2.62. The highest BCUT2D eigenvalue weighted by atomic mass is 16.8. The Balaban J connectivity index is 1.79. The lowest BCUT2D eigenvalue weighted by Gasteiger charge is -2.38. The number of nitrogens with zero attached hydrogens (tertiary/aromatic N) is 1. The van der Waals surface area contributed by atoms with Crippen molar-refractivity contribution in [2.24, 2.45) is 0 Å². The van der Waals surface area contributed by atoms with Crippen molar-refractivity contribution in [3.63, 3.8) is 0 Å². The van der Waals surface area contributed by atoms with Crippen LogP contribution in [0.15, 0.2) is 54.6 Å². The number of anilines is 1. The van der Waals surface area contributed by atoms with E-state index in [1.54, 1.807) is 36.4 Å². The molecule has 25 heavy (non-hydrogen) atoms. The van der Waals surface area contributed by atoms with E-state index in [1.807, 2.05) is 6.07 Å². The SMILES string of the molecule is O=C(O)C1OC2(c3ccccc3)CN(c3ccc(O)cc3)C(=O)C1O2. The minimum atomic E-state index is -1.38. The zero-order chi connectivity index (χ0) is 17.6. The molecule has 0 spiro atoms. The minimum Gasteiger partial charge on any atom is -0.508 e. The summed E-state index contributed by atoms with van der Waals surface area (Å²) in [5.41, 5.74) is 1.17. The number of benzene rings is 2. The van der Waals surface area contributed by atoms with Gasteiger partial charge in [-0.2, -0.15) is 0 Å². The summed E-state index contributed by atoms with van der Waals surface area (Å²) in [5, 5.41) is 18.9. The number of phenols is 1. The zero-order valence-electron chi connectivity index (χ0n) is 13.0. The van der Waals surface area contributed by atoms with E-state index in [4.69, 9.17) is 9.47 Å². The molecule has 2 aliphatic rings. The van der Waals surface area contributed by atoms with Crippen LogP contribution in [0.5, 0.6) is 5.75 Å². The summed E-state index contributed by atoms with van der Waals surface area (Å²) in [7, 11) is 0. The summed E-state index contributed by atoms with van der Waals surface area (Å²) < 4.78 is 11.5. The van der Waals surface area contributed by atoms with E-state index in [1.165, 1.54) is 17.0 Å². The second-order valence-electron chi connectivity index (χ2n) is 5.97. The molecule has 3 atom stereocenters. The standard InChI is InChI=1S/C18H15NO6/c20-13-8-6-12(7-9-13)19-10-18(11-4-2-1-3-5-11)24-14(16(19)21)15(25-18)17(22)23/h1-9,14-15,20H,10H2,(H,22,23). The Hall–Kier alpha value is -2.90. The van der Waals surface area contributed by atoms with Crippen molar-refractivity contribution in [2.45, 2.75) is 18.0 Å². The number of carboxylic acids is 1. The average Bonchev–Trinajstić information content (AvgIpc) is 2.97. The molecule has 2 N–H and O–H groups in total. The van der Waals surface area contributed by atoms with E-state index in [2.05, 4.69) is 0 Å². The van der Waals surface area contributed by atoms with Crippen molar-refractivity contribution in [1.29, 1.82) is 0 Å². The van der Waals surface area contributed by atoms with Gasteiger partial charge < -0.3 is 24.6 Å². The van der Waals surface area contributed by atoms with Crippen LogP contribution in [0.2, 0.25) is 0 Å². The molecule has 3 unspecified atom stereocenters. The topological polar surface area (TPSA) is 96.3 Å². The van der Waals surface area contributed by atoms with Crippen molar-refractivity contribution in [2.75, 3.05) is 11.4 Å². The Kier molecular flexibility index (Phi) is 3.48. The molecule has 7 nitrogen and oxygen atoms in total. The van der Waals surface area contributed by atoms with Gasteiger partial charge >= 0.3 is 5.97 Å². The Labute approximate surface area is 143 Å². The van der Waals surface area contributed by atoms with Crippen molar-refractivity contribution < 1.29 is 29.3 Å². The van der Waals surface area contributed by atoms with E-state index in [-0.39, 0.29) is 12.3 Å². The van der Waals surface area contributed by atoms with Gasteiger partial charge in [-0.25, -0.2) is 4.79 Å². The van der Waals surface area contributed by atoms with E-state index in [0.717, 1.165) is 0 Å². The third-order valence-electron chi connectivity index (χ3n) is 4.40. The molecule has 1 amide bonds. The Morgan fingerprint density at radius 2 is 1.76 bits per heavy atom. The fourth-order valence-corrected chi connectivity index (χ4v) is 3.21. The molecule has 2 aliphatic heterocycles. The van der Waals surface area contributed by atoms with Crippen LogP contribution in [0.3, 0.4) is 0 Å². The fourth-order valence-electron chi connectivity index (χ4n) is 3.21. The molecule has 0 aromatic heterocycles. The fraction of sp³-hybridized carbons (Fsp3) is 0.222. The highest BCUT2D eigenvalue weighted by Gasteiger charge is 2.60. The number of phenolic OH excluding ortho intramolecular Hbond substituents is 1. The average molecular weight is 341 g/mol. The van der Waals surface area contributed by atoms with Crippen LogP contribution in [0.1, 0.15) is 5.56 Å². The summed E-state index contributed by atoms with van der Waals surface area (Å²) in [6.45, 7) is 0.0148. The molecule has 2 saturated heterocycles. The molecule has 128 valence electrons. The van der Waals surface area contributed by atoms with Gasteiger partial charge in [0.15, 0.2) is 12.2 Å². The van der Waals surface area contributed by atoms with Gasteiger partial charge in [0.1, 0.15) is 5.75 Å². The van der Waals surface area contributed by atoms with Gasteiger partial charge in [0.25, 0.3) is 5.91 Å². The van der Waals surface area contributed by atoms with Gasteiger partial charge in [-0.05, 0) is 24.3 Å². The predicted octanol–water partition coefficient (Wildman–Crippen LogP) is 1.46. The first-order chi connectivity index (χ1) is 12.0. The number of morpholine rings is 1. The normalized spacial score (nSPS) is 28.2. The molecule has 2 aromatic carbocycles. The number of rotatable bonds is 3. The molecular formula is C18H15NO6. The number of carbonyl (C=O) groups is 2. The lowest BCUT2D eigenvalue weighted by molar-refractivity contribution is -0.193. The first kappa shape index (κ1) is 15.6. The number of hydrogen-bond donors (Lipinski definition) is 2. The second kappa shape index (κ2) is 5.58. The summed E-state index contributed by atoms with van der Waals surface area (Å²) in [5.74, 6) is -3.00. The van der Waals surface area contributed by atoms with Crippen LogP contribution in [0, 0.1) is 0 Å². The van der Waals surface area contributed by atoms with Crippen molar-refractivity contribution >= 4 is 17.6 Å². The molecule has 2 fully saturated rings. The molecule has 4 rings (SSSR count). The molecule has 0 saturated carbocycles. The molecule has 7 heteroatoms. The Morgan fingerprint density at radius 1 is 1.08 bits per heavy atom. The number of carbonyl (C=O) groups excluding carboxylic acids is 1. The number of amides is 1. The second-order valence-corrected chi connectivity index (χ2v) is 5.97. The van der Waals surface area contributed by atoms with Crippen LogP contribution in [-0.4, -0.2) is 40.8 Å². The molecule has 2 aromatic rings. The van der Waals surface area contributed by atoms with Crippen LogP contribution >= 0.6 is 0 Å². The third-order valence-corrected chi connectivity index (χ3v) is 4.40. The largest absolute Gasteiger partial charge is 0.508 e. The van der Waals surface area contributed by atoms with Crippen molar-refractivity contribution in [3.05, 3.63) is 60.2 Å². The molecule has 0 radical (unpaired) electrons. The number of aromatic hydroxyl groups is 1. The first-order valence-electron chi connectivity index (χ1n) is 7.74. The van der Waals surface area contributed by atoms with Crippen LogP contribution in [0.4, 0.5) is 5.69 Å². The van der Waals surface area contributed by atoms with Crippen LogP contribution < -0.4 is 4.90 Å². The van der Waals surface area contributed by atoms with Gasteiger partial charge in [-0.1, -0.05) is 30.3 Å². The summed E-state index contributed by atoms with van der Waals surface area (Å²) in [6, 6.07) is 15.1. The van der Waals surface area contributed by atoms with E-state index >= 15 is 0 Å². The summed E-state index contributed by atoms with van der Waals surface area (Å²) in [4.78, 5) is 25.7. The van der Waals surface area contributed by atoms with Crippen LogP contribution in [-0.2, 0) is 24.8 Å². The van der Waals surface area contributed by atoms with Gasteiger partial charge in [-0.3, -0.25) is 4.79 Å². The van der Waals surface area contributed by atoms with E-state index in [9.17, 15) is 19.8 Å². The molecular weight excluding hydrogens is 326 g/mol. The number of carboxylic acid groups (broad SMARTS) is 1. The maximum absolute atomic E-state index is 12.8. The van der Waals surface area contributed by atoms with Gasteiger partial charge in [0.05, 0.1) is 6.54 Å². The minimum absolute atomic E-state index is 0.0148. The van der Waals surface area contributed by atoms with E-state index in [0.29, 0.717) is 11.3 Å². The Bertz CT molecular complexity index is 821. The number of hydrogen-bond acceptors (Lipinski definition) is 5. The summed E-state index contributed by atoms with van der Waals surface area (Å²) >= 11 is 0. The Morgan fingerprint density at radius 3 is 2.40 bits per heavy atom. The van der Waals surface area contributed by atoms with Crippen molar-refractivity contribution in [1.82, 2.24) is 0 Å². The quantitative estimate of drug-likeness (QED) is 0.877. The monoisotopic (exact) mass is 341 g/mol. The van der Waals surface area contributed by atoms with Crippen molar-refractivity contribution in [3.8, 4) is 5.75 Å². The van der Waals surface area contributed by atoms with Crippen LogP contribution in [0.25, 0.3) is 0 Å². The smallest absolute Gasteiger partial charge is 0.336 e. The maximum Gasteiger partial charge on any atom is 0.336 e. The van der Waals surface area contributed by atoms with Gasteiger partial charge in [0.2, 0.25) is 5.79 Å². The number of fused-ring (bicyclic) bond motifs is 2. The highest BCUT2D eigenvalue weighted by molar-refractivity contribution is 6.01. The molecule has 2 bridgehead atoms. The predicted molar refractivity (Wildman–Crippen MR) is 86.0 cm³/mol. The molecule has 2 heterocycles. The highest BCUT2D eigenvalue weighted by Crippen LogP contribution is 2.44. The maximum atomic E-state index is 12.8. The van der Waals surface area contributed by atoms with Gasteiger partial charge in [-0.15, -0.1) is 0 Å². The third kappa shape index (κ3) is 2.45. The van der Waals surface area contributed by atoms with E-state index < -0.39 is 29.9 Å². The van der Waals surface area contributed by atoms with Gasteiger partial charge in [0, 0.05) is 11.3 Å². The lowest BCUT2D eigenvalue weighted by atomic mass is 10.0. The zero-order valence-corrected chi connectivity index (χ0v) is 13.0. The first-order valence-corrected chi connectivity index (χ1v) is 7.74. The lowest BCUT2D eigenvalue weighted by Crippen LogP contribution is -2.54.